The Morgan fingerprint density at radius 3 is 1.11 bits per heavy atom. The molecular formula is C48H54N6O2. The SMILES string of the molecule is c1ccc2cc(COc3cc4nc(c3)CN[C@@H]3CCCC[C@H]3NCc3cc(OCc5ccc6ccccc6c5)cc(n3)CN[C@@H]3CCCC[C@H]3NC4)ccc2c1. The molecule has 0 radical (unpaired) electrons. The topological polar surface area (TPSA) is 92.4 Å². The van der Waals surface area contributed by atoms with E-state index in [0.29, 0.717) is 63.6 Å². The lowest BCUT2D eigenvalue weighted by Gasteiger charge is -2.34. The van der Waals surface area contributed by atoms with Gasteiger partial charge in [0, 0.05) is 74.6 Å². The minimum absolute atomic E-state index is 0.338. The maximum atomic E-state index is 6.50. The summed E-state index contributed by atoms with van der Waals surface area (Å²) in [6, 6.07) is 40.0. The zero-order valence-electron chi connectivity index (χ0n) is 32.3. The first-order chi connectivity index (χ1) is 27.7. The zero-order valence-corrected chi connectivity index (χ0v) is 32.3. The zero-order chi connectivity index (χ0) is 37.5. The van der Waals surface area contributed by atoms with Crippen LogP contribution in [0.2, 0.25) is 0 Å². The molecule has 288 valence electrons. The van der Waals surface area contributed by atoms with E-state index < -0.39 is 0 Å². The van der Waals surface area contributed by atoms with Crippen LogP contribution in [0.3, 0.4) is 0 Å². The monoisotopic (exact) mass is 746 g/mol. The van der Waals surface area contributed by atoms with E-state index in [-0.39, 0.29) is 0 Å². The van der Waals surface area contributed by atoms with Crippen molar-refractivity contribution in [3.63, 3.8) is 0 Å². The highest BCUT2D eigenvalue weighted by molar-refractivity contribution is 5.83. The predicted octanol–water partition coefficient (Wildman–Crippen LogP) is 8.64. The van der Waals surface area contributed by atoms with Gasteiger partial charge in [-0.25, -0.2) is 0 Å². The van der Waals surface area contributed by atoms with Crippen LogP contribution in [-0.4, -0.2) is 34.1 Å². The van der Waals surface area contributed by atoms with Crippen LogP contribution >= 0.6 is 0 Å². The number of hydrogen-bond donors (Lipinski definition) is 4. The third-order valence-corrected chi connectivity index (χ3v) is 12.0. The molecule has 3 heterocycles. The molecule has 8 heteroatoms. The highest BCUT2D eigenvalue weighted by Crippen LogP contribution is 2.26. The van der Waals surface area contributed by atoms with Gasteiger partial charge in [-0.05, 0) is 70.5 Å². The molecule has 8 nitrogen and oxygen atoms in total. The average molecular weight is 747 g/mol. The number of fused-ring (bicyclic) bond motifs is 8. The number of ether oxygens (including phenoxy) is 2. The predicted molar refractivity (Wildman–Crippen MR) is 224 cm³/mol. The first-order valence-electron chi connectivity index (χ1n) is 20.8. The van der Waals surface area contributed by atoms with Crippen LogP contribution < -0.4 is 30.7 Å². The Kier molecular flexibility index (Phi) is 11.5. The largest absolute Gasteiger partial charge is 0.489 e. The van der Waals surface area contributed by atoms with E-state index in [2.05, 4.69) is 130 Å². The fourth-order valence-corrected chi connectivity index (χ4v) is 8.94. The second-order valence-electron chi connectivity index (χ2n) is 16.0. The Balaban J connectivity index is 0.944. The Morgan fingerprint density at radius 2 is 0.750 bits per heavy atom. The highest BCUT2D eigenvalue weighted by atomic mass is 16.5. The summed E-state index contributed by atoms with van der Waals surface area (Å²) in [4.78, 5) is 10.4. The van der Waals surface area contributed by atoms with Crippen LogP contribution in [0.25, 0.3) is 21.5 Å². The van der Waals surface area contributed by atoms with E-state index in [0.717, 1.165) is 71.1 Å². The minimum atomic E-state index is 0.338. The molecule has 2 saturated carbocycles. The molecular weight excluding hydrogens is 693 g/mol. The third kappa shape index (κ3) is 9.22. The molecule has 0 spiro atoms. The molecule has 4 aromatic carbocycles. The van der Waals surface area contributed by atoms with Crippen molar-refractivity contribution in [2.45, 2.75) is 115 Å². The summed E-state index contributed by atoms with van der Waals surface area (Å²) in [5.41, 5.74) is 6.40. The van der Waals surface area contributed by atoms with E-state index in [1.54, 1.807) is 0 Å². The van der Waals surface area contributed by atoms with Crippen LogP contribution in [0.1, 0.15) is 85.3 Å². The van der Waals surface area contributed by atoms with Gasteiger partial charge in [0.15, 0.2) is 0 Å². The normalized spacial score (nSPS) is 22.0. The van der Waals surface area contributed by atoms with Crippen molar-refractivity contribution in [1.82, 2.24) is 31.2 Å². The van der Waals surface area contributed by atoms with E-state index in [4.69, 9.17) is 19.4 Å². The Morgan fingerprint density at radius 1 is 0.411 bits per heavy atom. The van der Waals surface area contributed by atoms with E-state index >= 15 is 0 Å². The number of hydrogen-bond acceptors (Lipinski definition) is 8. The van der Waals surface area contributed by atoms with Crippen LogP contribution in [0.15, 0.2) is 109 Å². The second kappa shape index (κ2) is 17.5. The van der Waals surface area contributed by atoms with Crippen LogP contribution in [0.4, 0.5) is 0 Å². The molecule has 0 saturated heterocycles. The first kappa shape index (κ1) is 36.8. The molecule has 0 amide bonds. The lowest BCUT2D eigenvalue weighted by Crippen LogP contribution is -2.50. The van der Waals surface area contributed by atoms with Gasteiger partial charge < -0.3 is 30.7 Å². The maximum Gasteiger partial charge on any atom is 0.123 e. The molecule has 3 aliphatic rings. The second-order valence-corrected chi connectivity index (χ2v) is 16.0. The highest BCUT2D eigenvalue weighted by Gasteiger charge is 2.27. The fourth-order valence-electron chi connectivity index (χ4n) is 8.94. The summed E-state index contributed by atoms with van der Waals surface area (Å²) in [5.74, 6) is 1.74. The molecule has 4 N–H and O–H groups in total. The van der Waals surface area contributed by atoms with Crippen molar-refractivity contribution in [2.24, 2.45) is 0 Å². The van der Waals surface area contributed by atoms with Crippen LogP contribution in [0.5, 0.6) is 11.5 Å². The minimum Gasteiger partial charge on any atom is -0.489 e. The molecule has 1 aliphatic heterocycles. The summed E-state index contributed by atoms with van der Waals surface area (Å²) in [6.45, 7) is 3.80. The summed E-state index contributed by atoms with van der Waals surface area (Å²) in [7, 11) is 0. The summed E-state index contributed by atoms with van der Waals surface area (Å²) < 4.78 is 13.0. The number of pyridine rings is 2. The van der Waals surface area contributed by atoms with Gasteiger partial charge >= 0.3 is 0 Å². The number of aromatic nitrogens is 2. The molecule has 9 rings (SSSR count). The molecule has 2 aromatic heterocycles. The van der Waals surface area contributed by atoms with Gasteiger partial charge in [0.25, 0.3) is 0 Å². The first-order valence-corrected chi connectivity index (χ1v) is 20.8. The van der Waals surface area contributed by atoms with Crippen molar-refractivity contribution in [2.75, 3.05) is 0 Å². The van der Waals surface area contributed by atoms with Gasteiger partial charge in [-0.3, -0.25) is 9.97 Å². The number of nitrogens with zero attached hydrogens (tertiary/aromatic N) is 2. The maximum absolute atomic E-state index is 6.50. The standard InChI is InChI=1S/C48H54N6O2/c1-3-11-37-21-33(17-19-35(37)9-1)31-55-43-23-39-27-49-45-13-5-7-15-47(45)51-29-41-25-44(56-32-34-18-20-36-10-2-4-12-38(36)22-34)26-42(54-41)30-52-48-16-8-6-14-46(48)50-28-40(24-43)53-39/h1-4,9-12,17-26,45-52H,5-8,13-16,27-32H2/t45-,46-,47-,48-/m1/s1. The van der Waals surface area contributed by atoms with Crippen molar-refractivity contribution in [1.29, 1.82) is 0 Å². The number of nitrogens with one attached hydrogen (secondary N) is 4. The summed E-state index contributed by atoms with van der Waals surface area (Å²) in [6.07, 6.45) is 9.42. The molecule has 0 unspecified atom stereocenters. The lowest BCUT2D eigenvalue weighted by molar-refractivity contribution is 0.274. The number of benzene rings is 4. The Labute approximate surface area is 330 Å². The van der Waals surface area contributed by atoms with Gasteiger partial charge in [0.1, 0.15) is 24.7 Å². The van der Waals surface area contributed by atoms with Crippen molar-refractivity contribution in [3.05, 3.63) is 143 Å². The van der Waals surface area contributed by atoms with E-state index in [1.165, 1.54) is 47.2 Å². The summed E-state index contributed by atoms with van der Waals surface area (Å²) in [5, 5.41) is 20.6. The van der Waals surface area contributed by atoms with Crippen molar-refractivity contribution >= 4 is 21.5 Å². The van der Waals surface area contributed by atoms with Crippen molar-refractivity contribution < 1.29 is 9.47 Å². The number of rotatable bonds is 6. The molecule has 2 fully saturated rings. The van der Waals surface area contributed by atoms with E-state index in [1.807, 2.05) is 0 Å². The fraction of sp³-hybridized carbons (Fsp3) is 0.375. The molecule has 2 aliphatic carbocycles. The lowest BCUT2D eigenvalue weighted by atomic mass is 9.90. The van der Waals surface area contributed by atoms with Gasteiger partial charge in [-0.1, -0.05) is 98.5 Å². The average Bonchev–Trinajstić information content (AvgIpc) is 3.25. The quantitative estimate of drug-likeness (QED) is 0.135. The smallest absolute Gasteiger partial charge is 0.123 e. The Bertz CT molecular complexity index is 2030. The summed E-state index contributed by atoms with van der Waals surface area (Å²) >= 11 is 0. The van der Waals surface area contributed by atoms with Gasteiger partial charge in [0.2, 0.25) is 0 Å². The van der Waals surface area contributed by atoms with Crippen LogP contribution in [-0.2, 0) is 39.4 Å². The van der Waals surface area contributed by atoms with Gasteiger partial charge in [-0.15, -0.1) is 0 Å². The molecule has 4 atom stereocenters. The molecule has 56 heavy (non-hydrogen) atoms. The van der Waals surface area contributed by atoms with Gasteiger partial charge in [-0.2, -0.15) is 0 Å². The Hall–Kier alpha value is -4.86. The third-order valence-electron chi connectivity index (χ3n) is 12.0. The van der Waals surface area contributed by atoms with Gasteiger partial charge in [0.05, 0.1) is 22.8 Å². The molecule has 4 bridgehead atoms. The van der Waals surface area contributed by atoms with Crippen molar-refractivity contribution in [3.8, 4) is 11.5 Å². The molecule has 6 aromatic rings. The van der Waals surface area contributed by atoms with E-state index in [9.17, 15) is 0 Å². The van der Waals surface area contributed by atoms with Crippen LogP contribution in [0, 0.1) is 0 Å².